The molecule has 0 atom stereocenters. The summed E-state index contributed by atoms with van der Waals surface area (Å²) in [6.45, 7) is 2.47. The van der Waals surface area contributed by atoms with Crippen molar-refractivity contribution < 1.29 is 19.1 Å². The summed E-state index contributed by atoms with van der Waals surface area (Å²) in [6, 6.07) is 14.4. The number of nitrogens with one attached hydrogen (secondary N) is 1. The molecule has 3 amide bonds. The lowest BCUT2D eigenvalue weighted by atomic mass is 10.1. The topological polar surface area (TPSA) is 79.0 Å². The first-order valence-electron chi connectivity index (χ1n) is 10.3. The molecule has 30 heavy (non-hydrogen) atoms. The van der Waals surface area contributed by atoms with Crippen molar-refractivity contribution in [3.8, 4) is 5.75 Å². The van der Waals surface area contributed by atoms with E-state index in [4.69, 9.17) is 4.74 Å². The molecule has 1 fully saturated rings. The number of ether oxygens (including phenoxy) is 1. The van der Waals surface area contributed by atoms with E-state index in [1.807, 2.05) is 29.2 Å². The van der Waals surface area contributed by atoms with E-state index in [1.54, 1.807) is 29.2 Å². The van der Waals surface area contributed by atoms with Crippen molar-refractivity contribution in [1.29, 1.82) is 0 Å². The lowest BCUT2D eigenvalue weighted by molar-refractivity contribution is -0.122. The van der Waals surface area contributed by atoms with Crippen LogP contribution in [0.4, 0.5) is 11.4 Å². The normalized spacial score (nSPS) is 15.3. The number of benzene rings is 2. The fourth-order valence-corrected chi connectivity index (χ4v) is 3.84. The van der Waals surface area contributed by atoms with Crippen LogP contribution in [0.25, 0.3) is 0 Å². The number of nitrogens with zero attached hydrogens (tertiary/aromatic N) is 2. The number of carbonyl (C=O) groups excluding carboxylic acids is 3. The quantitative estimate of drug-likeness (QED) is 0.826. The number of hydrogen-bond donors (Lipinski definition) is 1. The van der Waals surface area contributed by atoms with Crippen LogP contribution in [0.1, 0.15) is 36.0 Å². The Hall–Kier alpha value is -3.35. The second-order valence-electron chi connectivity index (χ2n) is 7.49. The number of carbonyl (C=O) groups is 3. The number of hydrogen-bond acceptors (Lipinski definition) is 4. The molecule has 2 aliphatic rings. The Bertz CT molecular complexity index is 953. The molecule has 7 nitrogen and oxygen atoms in total. The molecule has 0 bridgehead atoms. The van der Waals surface area contributed by atoms with E-state index < -0.39 is 0 Å². The number of anilines is 2. The fourth-order valence-electron chi connectivity index (χ4n) is 3.84. The summed E-state index contributed by atoms with van der Waals surface area (Å²) in [5.41, 5.74) is 1.87. The minimum Gasteiger partial charge on any atom is -0.490 e. The molecule has 0 unspecified atom stereocenters. The van der Waals surface area contributed by atoms with Crippen molar-refractivity contribution in [2.45, 2.75) is 25.7 Å². The predicted octanol–water partition coefficient (Wildman–Crippen LogP) is 3.07. The highest BCUT2D eigenvalue weighted by molar-refractivity contribution is 6.00. The maximum absolute atomic E-state index is 12.6. The summed E-state index contributed by atoms with van der Waals surface area (Å²) in [4.78, 5) is 41.1. The van der Waals surface area contributed by atoms with Crippen LogP contribution in [0.5, 0.6) is 5.75 Å². The standard InChI is InChI=1S/C23H25N3O4/c27-21(10-11-22(28)26-14-15-30-20-9-2-1-8-19(20)26)24-18-7-5-6-17(16-18)23(29)25-12-3-4-13-25/h1-2,5-9,16H,3-4,10-15H2,(H,24,27). The Morgan fingerprint density at radius 2 is 1.73 bits per heavy atom. The van der Waals surface area contributed by atoms with Gasteiger partial charge >= 0.3 is 0 Å². The van der Waals surface area contributed by atoms with E-state index in [9.17, 15) is 14.4 Å². The van der Waals surface area contributed by atoms with Crippen molar-refractivity contribution in [3.63, 3.8) is 0 Å². The Labute approximate surface area is 175 Å². The lowest BCUT2D eigenvalue weighted by Crippen LogP contribution is -2.38. The molecule has 0 aliphatic carbocycles. The highest BCUT2D eigenvalue weighted by atomic mass is 16.5. The maximum atomic E-state index is 12.6. The van der Waals surface area contributed by atoms with Crippen LogP contribution >= 0.6 is 0 Å². The third-order valence-electron chi connectivity index (χ3n) is 5.38. The van der Waals surface area contributed by atoms with E-state index in [-0.39, 0.29) is 30.6 Å². The first-order valence-corrected chi connectivity index (χ1v) is 10.3. The van der Waals surface area contributed by atoms with Crippen molar-refractivity contribution >= 4 is 29.1 Å². The number of para-hydroxylation sites is 2. The molecule has 2 aromatic carbocycles. The number of likely N-dealkylation sites (tertiary alicyclic amines) is 1. The van der Waals surface area contributed by atoms with Crippen LogP contribution < -0.4 is 15.0 Å². The van der Waals surface area contributed by atoms with E-state index in [0.717, 1.165) is 31.6 Å². The predicted molar refractivity (Wildman–Crippen MR) is 114 cm³/mol. The summed E-state index contributed by atoms with van der Waals surface area (Å²) in [5, 5.41) is 2.80. The van der Waals surface area contributed by atoms with Crippen molar-refractivity contribution in [2.75, 3.05) is 36.5 Å². The Morgan fingerprint density at radius 3 is 2.57 bits per heavy atom. The molecule has 0 radical (unpaired) electrons. The molecule has 0 saturated carbocycles. The van der Waals surface area contributed by atoms with Crippen LogP contribution in [0.15, 0.2) is 48.5 Å². The van der Waals surface area contributed by atoms with Gasteiger partial charge < -0.3 is 19.9 Å². The van der Waals surface area contributed by atoms with E-state index >= 15 is 0 Å². The maximum Gasteiger partial charge on any atom is 0.253 e. The van der Waals surface area contributed by atoms with Gasteiger partial charge in [-0.2, -0.15) is 0 Å². The monoisotopic (exact) mass is 407 g/mol. The largest absolute Gasteiger partial charge is 0.490 e. The van der Waals surface area contributed by atoms with Gasteiger partial charge in [0, 0.05) is 37.2 Å². The van der Waals surface area contributed by atoms with Crippen molar-refractivity contribution in [2.24, 2.45) is 0 Å². The summed E-state index contributed by atoms with van der Waals surface area (Å²) >= 11 is 0. The van der Waals surface area contributed by atoms with Gasteiger partial charge in [-0.15, -0.1) is 0 Å². The average molecular weight is 407 g/mol. The van der Waals surface area contributed by atoms with E-state index in [0.29, 0.717) is 30.2 Å². The van der Waals surface area contributed by atoms with E-state index in [2.05, 4.69) is 5.32 Å². The highest BCUT2D eigenvalue weighted by Crippen LogP contribution is 2.31. The second kappa shape index (κ2) is 8.98. The van der Waals surface area contributed by atoms with Gasteiger partial charge in [-0.3, -0.25) is 14.4 Å². The number of amides is 3. The van der Waals surface area contributed by atoms with Gasteiger partial charge in [-0.1, -0.05) is 18.2 Å². The molecule has 0 aromatic heterocycles. The van der Waals surface area contributed by atoms with Crippen molar-refractivity contribution in [1.82, 2.24) is 4.90 Å². The second-order valence-corrected chi connectivity index (χ2v) is 7.49. The van der Waals surface area contributed by atoms with Crippen LogP contribution in [-0.2, 0) is 9.59 Å². The molecule has 156 valence electrons. The molecule has 4 rings (SSSR count). The highest BCUT2D eigenvalue weighted by Gasteiger charge is 2.24. The molecule has 1 saturated heterocycles. The SMILES string of the molecule is O=C(CCC(=O)N1CCOc2ccccc21)Nc1cccc(C(=O)N2CCCC2)c1. The van der Waals surface area contributed by atoms with Gasteiger partial charge in [-0.25, -0.2) is 0 Å². The van der Waals surface area contributed by atoms with Crippen LogP contribution in [0, 0.1) is 0 Å². The van der Waals surface area contributed by atoms with Gasteiger partial charge in [0.05, 0.1) is 12.2 Å². The average Bonchev–Trinajstić information content (AvgIpc) is 3.32. The van der Waals surface area contributed by atoms with E-state index in [1.165, 1.54) is 0 Å². The molecule has 2 aliphatic heterocycles. The minimum absolute atomic E-state index is 0.00948. The van der Waals surface area contributed by atoms with Crippen LogP contribution in [-0.4, -0.2) is 48.9 Å². The van der Waals surface area contributed by atoms with Crippen LogP contribution in [0.2, 0.25) is 0 Å². The molecule has 7 heteroatoms. The zero-order chi connectivity index (χ0) is 20.9. The van der Waals surface area contributed by atoms with Gasteiger partial charge in [0.2, 0.25) is 11.8 Å². The molecule has 1 N–H and O–H groups in total. The number of fused-ring (bicyclic) bond motifs is 1. The molecule has 0 spiro atoms. The van der Waals surface area contributed by atoms with Gasteiger partial charge in [-0.05, 0) is 43.2 Å². The summed E-state index contributed by atoms with van der Waals surface area (Å²) in [5.74, 6) is 0.306. The third kappa shape index (κ3) is 4.45. The van der Waals surface area contributed by atoms with Crippen molar-refractivity contribution in [3.05, 3.63) is 54.1 Å². The summed E-state index contributed by atoms with van der Waals surface area (Å²) in [7, 11) is 0. The molecular weight excluding hydrogens is 382 g/mol. The van der Waals surface area contributed by atoms with Gasteiger partial charge in [0.15, 0.2) is 0 Å². The molecule has 2 aromatic rings. The summed E-state index contributed by atoms with van der Waals surface area (Å²) < 4.78 is 5.57. The molecular formula is C23H25N3O4. The zero-order valence-electron chi connectivity index (χ0n) is 16.8. The third-order valence-corrected chi connectivity index (χ3v) is 5.38. The first-order chi connectivity index (χ1) is 14.6. The Kier molecular flexibility index (Phi) is 5.97. The summed E-state index contributed by atoms with van der Waals surface area (Å²) in [6.07, 6.45) is 2.24. The zero-order valence-corrected chi connectivity index (χ0v) is 16.8. The smallest absolute Gasteiger partial charge is 0.253 e. The minimum atomic E-state index is -0.254. The Balaban J connectivity index is 1.33. The van der Waals surface area contributed by atoms with Crippen LogP contribution in [0.3, 0.4) is 0 Å². The molecule has 2 heterocycles. The van der Waals surface area contributed by atoms with Gasteiger partial charge in [0.1, 0.15) is 12.4 Å². The first kappa shape index (κ1) is 19.9. The van der Waals surface area contributed by atoms with Gasteiger partial charge in [0.25, 0.3) is 5.91 Å². The lowest BCUT2D eigenvalue weighted by Gasteiger charge is -2.29. The number of rotatable bonds is 5. The fraction of sp³-hybridized carbons (Fsp3) is 0.348. The Morgan fingerprint density at radius 1 is 0.933 bits per heavy atom.